The van der Waals surface area contributed by atoms with Gasteiger partial charge in [-0.3, -0.25) is 9.52 Å². The van der Waals surface area contributed by atoms with Crippen LogP contribution in [0.15, 0.2) is 94.9 Å². The van der Waals surface area contributed by atoms with E-state index in [1.54, 1.807) is 42.6 Å². The number of anilines is 1. The molecule has 0 aliphatic carbocycles. The minimum absolute atomic E-state index is 0.0550. The normalized spacial score (nSPS) is 11.4. The van der Waals surface area contributed by atoms with Crippen molar-refractivity contribution in [3.05, 3.63) is 95.4 Å². The summed E-state index contributed by atoms with van der Waals surface area (Å²) in [5, 5.41) is 0.605. The first kappa shape index (κ1) is 17.0. The van der Waals surface area contributed by atoms with Gasteiger partial charge in [-0.1, -0.05) is 18.2 Å². The van der Waals surface area contributed by atoms with Crippen LogP contribution in [-0.4, -0.2) is 18.0 Å². The number of pyridine rings is 2. The second-order valence-corrected chi connectivity index (χ2v) is 7.56. The summed E-state index contributed by atoms with van der Waals surface area (Å²) in [6.45, 7) is 0. The second-order valence-electron chi connectivity index (χ2n) is 5.88. The summed E-state index contributed by atoms with van der Waals surface area (Å²) >= 11 is 0. The first-order valence-electron chi connectivity index (χ1n) is 8.19. The molecule has 2 heterocycles. The molecule has 27 heavy (non-hydrogen) atoms. The van der Waals surface area contributed by atoms with Gasteiger partial charge in [0.1, 0.15) is 5.82 Å². The molecule has 0 radical (unpaired) electrons. The van der Waals surface area contributed by atoms with Crippen molar-refractivity contribution in [3.63, 3.8) is 0 Å². The molecule has 2 aromatic carbocycles. The number of nitrogens with one attached hydrogen (secondary N) is 1. The molecule has 7 heteroatoms. The molecule has 6 nitrogen and oxygen atoms in total. The maximum absolute atomic E-state index is 12.5. The number of fused-ring (bicyclic) bond motifs is 1. The standard InChI is InChI=1S/C20H15N3O3S/c24-19-12-14-23(18-6-2-1-5-17(18)19)15-8-10-16(11-9-15)27(25,26)22-20-7-3-4-13-21-20/h1-14H,(H,21,22). The van der Waals surface area contributed by atoms with E-state index in [4.69, 9.17) is 0 Å². The molecule has 0 saturated heterocycles. The van der Waals surface area contributed by atoms with Crippen molar-refractivity contribution in [2.45, 2.75) is 4.90 Å². The van der Waals surface area contributed by atoms with Crippen molar-refractivity contribution in [1.29, 1.82) is 0 Å². The van der Waals surface area contributed by atoms with Gasteiger partial charge in [-0.15, -0.1) is 0 Å². The quantitative estimate of drug-likeness (QED) is 0.592. The maximum atomic E-state index is 12.5. The molecule has 4 aromatic rings. The highest BCUT2D eigenvalue weighted by molar-refractivity contribution is 7.92. The zero-order chi connectivity index (χ0) is 18.9. The minimum Gasteiger partial charge on any atom is -0.316 e. The van der Waals surface area contributed by atoms with Crippen LogP contribution in [0.3, 0.4) is 0 Å². The summed E-state index contributed by atoms with van der Waals surface area (Å²) in [7, 11) is -3.73. The zero-order valence-corrected chi connectivity index (χ0v) is 14.9. The van der Waals surface area contributed by atoms with Crippen LogP contribution >= 0.6 is 0 Å². The zero-order valence-electron chi connectivity index (χ0n) is 14.1. The number of hydrogen-bond acceptors (Lipinski definition) is 4. The molecular weight excluding hydrogens is 362 g/mol. The molecular formula is C20H15N3O3S. The van der Waals surface area contributed by atoms with E-state index < -0.39 is 10.0 Å². The van der Waals surface area contributed by atoms with Gasteiger partial charge in [-0.2, -0.15) is 0 Å². The van der Waals surface area contributed by atoms with Gasteiger partial charge < -0.3 is 4.57 Å². The van der Waals surface area contributed by atoms with Crippen LogP contribution in [0.25, 0.3) is 16.6 Å². The number of rotatable bonds is 4. The van der Waals surface area contributed by atoms with E-state index in [0.717, 1.165) is 11.2 Å². The number of benzene rings is 2. The molecule has 2 aromatic heterocycles. The SMILES string of the molecule is O=c1ccn(-c2ccc(S(=O)(=O)Nc3ccccn3)cc2)c2ccccc12. The van der Waals surface area contributed by atoms with Crippen molar-refractivity contribution < 1.29 is 8.42 Å². The fourth-order valence-corrected chi connectivity index (χ4v) is 3.84. The fraction of sp³-hybridized carbons (Fsp3) is 0. The van der Waals surface area contributed by atoms with Crippen molar-refractivity contribution in [1.82, 2.24) is 9.55 Å². The van der Waals surface area contributed by atoms with Crippen molar-refractivity contribution in [3.8, 4) is 5.69 Å². The van der Waals surface area contributed by atoms with Crippen LogP contribution in [0.2, 0.25) is 0 Å². The summed E-state index contributed by atoms with van der Waals surface area (Å²) in [5.74, 6) is 0.257. The van der Waals surface area contributed by atoms with Crippen molar-refractivity contribution in [2.75, 3.05) is 4.72 Å². The third-order valence-corrected chi connectivity index (χ3v) is 5.50. The largest absolute Gasteiger partial charge is 0.316 e. The molecule has 0 aliphatic heterocycles. The van der Waals surface area contributed by atoms with E-state index in [9.17, 15) is 13.2 Å². The van der Waals surface area contributed by atoms with Gasteiger partial charge >= 0.3 is 0 Å². The average molecular weight is 377 g/mol. The second kappa shape index (κ2) is 6.69. The van der Waals surface area contributed by atoms with Gasteiger partial charge in [0.05, 0.1) is 10.4 Å². The monoisotopic (exact) mass is 377 g/mol. The van der Waals surface area contributed by atoms with Crippen LogP contribution in [0.5, 0.6) is 0 Å². The van der Waals surface area contributed by atoms with Crippen LogP contribution in [0.4, 0.5) is 5.82 Å². The van der Waals surface area contributed by atoms with E-state index in [2.05, 4.69) is 9.71 Å². The molecule has 0 unspecified atom stereocenters. The summed E-state index contributed by atoms with van der Waals surface area (Å²) in [5.41, 5.74) is 1.45. The summed E-state index contributed by atoms with van der Waals surface area (Å²) < 4.78 is 29.3. The Balaban J connectivity index is 1.71. The molecule has 134 valence electrons. The molecule has 0 amide bonds. The van der Waals surface area contributed by atoms with Gasteiger partial charge in [-0.05, 0) is 48.5 Å². The third-order valence-electron chi connectivity index (χ3n) is 4.13. The number of sulfonamides is 1. The Morgan fingerprint density at radius 2 is 1.59 bits per heavy atom. The number of para-hydroxylation sites is 1. The number of nitrogens with zero attached hydrogens (tertiary/aromatic N) is 2. The van der Waals surface area contributed by atoms with Gasteiger partial charge in [-0.25, -0.2) is 13.4 Å². The Kier molecular flexibility index (Phi) is 4.21. The number of aromatic nitrogens is 2. The first-order chi connectivity index (χ1) is 13.0. The Hall–Kier alpha value is -3.45. The van der Waals surface area contributed by atoms with Crippen LogP contribution < -0.4 is 10.2 Å². The van der Waals surface area contributed by atoms with E-state index in [0.29, 0.717) is 5.39 Å². The molecule has 0 aliphatic rings. The Bertz CT molecular complexity index is 1270. The molecule has 0 atom stereocenters. The Morgan fingerprint density at radius 3 is 2.33 bits per heavy atom. The highest BCUT2D eigenvalue weighted by atomic mass is 32.2. The maximum Gasteiger partial charge on any atom is 0.263 e. The topological polar surface area (TPSA) is 81.1 Å². The summed E-state index contributed by atoms with van der Waals surface area (Å²) in [6.07, 6.45) is 3.20. The Morgan fingerprint density at radius 1 is 0.852 bits per heavy atom. The fourth-order valence-electron chi connectivity index (χ4n) is 2.84. The molecule has 0 spiro atoms. The van der Waals surface area contributed by atoms with Gasteiger partial charge in [0.2, 0.25) is 0 Å². The van der Waals surface area contributed by atoms with Crippen molar-refractivity contribution >= 4 is 26.7 Å². The van der Waals surface area contributed by atoms with E-state index in [1.807, 2.05) is 22.8 Å². The molecule has 0 fully saturated rings. The van der Waals surface area contributed by atoms with Gasteiger partial charge in [0.25, 0.3) is 10.0 Å². The van der Waals surface area contributed by atoms with Gasteiger partial charge in [0.15, 0.2) is 5.43 Å². The summed E-state index contributed by atoms with van der Waals surface area (Å²) in [6, 6.07) is 20.2. The van der Waals surface area contributed by atoms with Crippen LogP contribution in [-0.2, 0) is 10.0 Å². The van der Waals surface area contributed by atoms with Crippen molar-refractivity contribution in [2.24, 2.45) is 0 Å². The van der Waals surface area contributed by atoms with E-state index in [1.165, 1.54) is 24.4 Å². The lowest BCUT2D eigenvalue weighted by molar-refractivity contribution is 0.601. The van der Waals surface area contributed by atoms with Crippen LogP contribution in [0, 0.1) is 0 Å². The molecule has 4 rings (SSSR count). The van der Waals surface area contributed by atoms with Crippen LogP contribution in [0.1, 0.15) is 0 Å². The highest BCUT2D eigenvalue weighted by Gasteiger charge is 2.15. The highest BCUT2D eigenvalue weighted by Crippen LogP contribution is 2.19. The molecule has 1 N–H and O–H groups in total. The molecule has 0 saturated carbocycles. The molecule has 0 bridgehead atoms. The average Bonchev–Trinajstić information content (AvgIpc) is 2.69. The smallest absolute Gasteiger partial charge is 0.263 e. The predicted molar refractivity (Wildman–Crippen MR) is 105 cm³/mol. The van der Waals surface area contributed by atoms with E-state index >= 15 is 0 Å². The lowest BCUT2D eigenvalue weighted by atomic mass is 10.2. The van der Waals surface area contributed by atoms with Gasteiger partial charge in [0, 0.05) is 29.5 Å². The number of hydrogen-bond donors (Lipinski definition) is 1. The summed E-state index contributed by atoms with van der Waals surface area (Å²) in [4.78, 5) is 16.1. The lowest BCUT2D eigenvalue weighted by Gasteiger charge is -2.12. The minimum atomic E-state index is -3.73. The van der Waals surface area contributed by atoms with E-state index in [-0.39, 0.29) is 16.1 Å². The third kappa shape index (κ3) is 3.32. The Labute approximate surface area is 155 Å². The first-order valence-corrected chi connectivity index (χ1v) is 9.68. The lowest BCUT2D eigenvalue weighted by Crippen LogP contribution is -2.14. The predicted octanol–water partition coefficient (Wildman–Crippen LogP) is 3.19.